The summed E-state index contributed by atoms with van der Waals surface area (Å²) in [5.74, 6) is 0.906. The summed E-state index contributed by atoms with van der Waals surface area (Å²) in [5.41, 5.74) is 1.75. The summed E-state index contributed by atoms with van der Waals surface area (Å²) in [6, 6.07) is 6.43. The minimum atomic E-state index is 0.389. The molecule has 2 fully saturated rings. The fourth-order valence-electron chi connectivity index (χ4n) is 3.81. The van der Waals surface area contributed by atoms with Crippen LogP contribution in [-0.4, -0.2) is 37.2 Å². The molecule has 1 saturated heterocycles. The van der Waals surface area contributed by atoms with Crippen LogP contribution in [-0.2, 0) is 6.54 Å². The molecule has 0 atom stereocenters. The lowest BCUT2D eigenvalue weighted by atomic mass is 9.97. The summed E-state index contributed by atoms with van der Waals surface area (Å²) in [5, 5.41) is 3.83. The topological polar surface area (TPSA) is 24.5 Å². The van der Waals surface area contributed by atoms with Gasteiger partial charge in [0.25, 0.3) is 0 Å². The second-order valence-corrected chi connectivity index (χ2v) is 7.30. The molecule has 21 heavy (non-hydrogen) atoms. The molecule has 1 aromatic carbocycles. The number of ether oxygens (including phenoxy) is 1. The van der Waals surface area contributed by atoms with Crippen LogP contribution in [0.2, 0.25) is 0 Å². The first-order chi connectivity index (χ1) is 10.2. The fraction of sp³-hybridized carbons (Fsp3) is 0.647. The van der Waals surface area contributed by atoms with E-state index in [0.29, 0.717) is 5.54 Å². The van der Waals surface area contributed by atoms with Crippen LogP contribution in [0.25, 0.3) is 0 Å². The first kappa shape index (κ1) is 15.3. The average molecular weight is 353 g/mol. The van der Waals surface area contributed by atoms with Gasteiger partial charge in [0.15, 0.2) is 0 Å². The third-order valence-corrected chi connectivity index (χ3v) is 5.48. The van der Waals surface area contributed by atoms with Crippen molar-refractivity contribution in [3.05, 3.63) is 28.2 Å². The molecular formula is C17H25BrN2O. The van der Waals surface area contributed by atoms with Crippen LogP contribution in [0.4, 0.5) is 0 Å². The van der Waals surface area contributed by atoms with Gasteiger partial charge in [0.05, 0.1) is 11.6 Å². The summed E-state index contributed by atoms with van der Waals surface area (Å²) >= 11 is 3.59. The van der Waals surface area contributed by atoms with Crippen molar-refractivity contribution in [2.24, 2.45) is 0 Å². The maximum atomic E-state index is 5.32. The Kier molecular flexibility index (Phi) is 4.87. The predicted molar refractivity (Wildman–Crippen MR) is 89.8 cm³/mol. The molecule has 0 amide bonds. The second-order valence-electron chi connectivity index (χ2n) is 6.45. The average Bonchev–Trinajstić information content (AvgIpc) is 2.82. The van der Waals surface area contributed by atoms with Crippen molar-refractivity contribution in [1.29, 1.82) is 0 Å². The Labute approximate surface area is 136 Å². The van der Waals surface area contributed by atoms with Crippen LogP contribution in [0.1, 0.15) is 37.7 Å². The molecule has 1 heterocycles. The largest absolute Gasteiger partial charge is 0.496 e. The summed E-state index contributed by atoms with van der Waals surface area (Å²) in [4.78, 5) is 2.62. The molecule has 0 bridgehead atoms. The summed E-state index contributed by atoms with van der Waals surface area (Å²) < 4.78 is 6.36. The molecule has 1 N–H and O–H groups in total. The lowest BCUT2D eigenvalue weighted by Crippen LogP contribution is -2.49. The van der Waals surface area contributed by atoms with Crippen LogP contribution in [0.3, 0.4) is 0 Å². The van der Waals surface area contributed by atoms with E-state index in [4.69, 9.17) is 4.74 Å². The van der Waals surface area contributed by atoms with Crippen molar-refractivity contribution in [2.45, 2.75) is 44.2 Å². The van der Waals surface area contributed by atoms with Gasteiger partial charge < -0.3 is 10.1 Å². The van der Waals surface area contributed by atoms with Gasteiger partial charge in [-0.1, -0.05) is 18.9 Å². The number of methoxy groups -OCH3 is 1. The Morgan fingerprint density at radius 3 is 2.81 bits per heavy atom. The third kappa shape index (κ3) is 3.61. The number of rotatable bonds is 3. The SMILES string of the molecule is COc1ccc(CN2CCCNC3(CCCC3)C2)cc1Br. The molecule has 4 heteroatoms. The number of benzene rings is 1. The normalized spacial score (nSPS) is 22.4. The molecule has 0 unspecified atom stereocenters. The molecule has 1 aromatic rings. The van der Waals surface area contributed by atoms with E-state index < -0.39 is 0 Å². The van der Waals surface area contributed by atoms with E-state index in [9.17, 15) is 0 Å². The Morgan fingerprint density at radius 2 is 2.10 bits per heavy atom. The van der Waals surface area contributed by atoms with Gasteiger partial charge >= 0.3 is 0 Å². The van der Waals surface area contributed by atoms with Gasteiger partial charge in [0.2, 0.25) is 0 Å². The van der Waals surface area contributed by atoms with Crippen LogP contribution in [0.15, 0.2) is 22.7 Å². The molecule has 1 spiro atoms. The zero-order valence-corrected chi connectivity index (χ0v) is 14.4. The lowest BCUT2D eigenvalue weighted by molar-refractivity contribution is 0.203. The van der Waals surface area contributed by atoms with E-state index in [-0.39, 0.29) is 0 Å². The van der Waals surface area contributed by atoms with Crippen LogP contribution in [0, 0.1) is 0 Å². The van der Waals surface area contributed by atoms with Crippen molar-refractivity contribution >= 4 is 15.9 Å². The van der Waals surface area contributed by atoms with E-state index in [1.54, 1.807) is 7.11 Å². The highest BCUT2D eigenvalue weighted by Gasteiger charge is 2.36. The Morgan fingerprint density at radius 1 is 1.29 bits per heavy atom. The molecule has 3 rings (SSSR count). The summed E-state index contributed by atoms with van der Waals surface area (Å²) in [6.07, 6.45) is 6.70. The van der Waals surface area contributed by atoms with E-state index in [1.165, 1.54) is 57.3 Å². The van der Waals surface area contributed by atoms with Gasteiger partial charge in [-0.3, -0.25) is 4.90 Å². The quantitative estimate of drug-likeness (QED) is 0.899. The van der Waals surface area contributed by atoms with Crippen molar-refractivity contribution in [2.75, 3.05) is 26.7 Å². The first-order valence-electron chi connectivity index (χ1n) is 8.01. The highest BCUT2D eigenvalue weighted by molar-refractivity contribution is 9.10. The minimum absolute atomic E-state index is 0.389. The molecular weight excluding hydrogens is 328 g/mol. The highest BCUT2D eigenvalue weighted by Crippen LogP contribution is 2.32. The van der Waals surface area contributed by atoms with Gasteiger partial charge in [-0.25, -0.2) is 0 Å². The van der Waals surface area contributed by atoms with Gasteiger partial charge in [0.1, 0.15) is 5.75 Å². The predicted octanol–water partition coefficient (Wildman–Crippen LogP) is 3.57. The summed E-state index contributed by atoms with van der Waals surface area (Å²) in [7, 11) is 1.71. The van der Waals surface area contributed by atoms with Crippen molar-refractivity contribution in [3.63, 3.8) is 0 Å². The van der Waals surface area contributed by atoms with Crippen molar-refractivity contribution in [1.82, 2.24) is 10.2 Å². The number of nitrogens with one attached hydrogen (secondary N) is 1. The van der Waals surface area contributed by atoms with Gasteiger partial charge in [0, 0.05) is 18.6 Å². The standard InChI is InChI=1S/C17H25BrN2O/c1-21-16-6-5-14(11-15(16)18)12-20-10-4-9-19-17(13-20)7-2-3-8-17/h5-6,11,19H,2-4,7-10,12-13H2,1H3. The second kappa shape index (κ2) is 6.67. The fourth-order valence-corrected chi connectivity index (χ4v) is 4.40. The lowest BCUT2D eigenvalue weighted by Gasteiger charge is -2.33. The molecule has 1 aliphatic carbocycles. The number of halogens is 1. The zero-order valence-electron chi connectivity index (χ0n) is 12.8. The number of hydrogen-bond donors (Lipinski definition) is 1. The smallest absolute Gasteiger partial charge is 0.133 e. The van der Waals surface area contributed by atoms with E-state index in [0.717, 1.165) is 16.8 Å². The Balaban J connectivity index is 1.69. The van der Waals surface area contributed by atoms with E-state index >= 15 is 0 Å². The van der Waals surface area contributed by atoms with E-state index in [1.807, 2.05) is 0 Å². The highest BCUT2D eigenvalue weighted by atomic mass is 79.9. The van der Waals surface area contributed by atoms with Gasteiger partial charge in [-0.15, -0.1) is 0 Å². The third-order valence-electron chi connectivity index (χ3n) is 4.86. The zero-order chi connectivity index (χ0) is 14.7. The maximum Gasteiger partial charge on any atom is 0.133 e. The van der Waals surface area contributed by atoms with Crippen LogP contribution >= 0.6 is 15.9 Å². The van der Waals surface area contributed by atoms with E-state index in [2.05, 4.69) is 44.3 Å². The molecule has 1 aliphatic heterocycles. The molecule has 3 nitrogen and oxygen atoms in total. The van der Waals surface area contributed by atoms with Crippen molar-refractivity contribution < 1.29 is 4.74 Å². The Bertz CT molecular complexity index is 486. The van der Waals surface area contributed by atoms with Crippen LogP contribution < -0.4 is 10.1 Å². The summed E-state index contributed by atoms with van der Waals surface area (Å²) in [6.45, 7) is 4.59. The number of nitrogens with zero attached hydrogens (tertiary/aromatic N) is 1. The number of hydrogen-bond acceptors (Lipinski definition) is 3. The monoisotopic (exact) mass is 352 g/mol. The minimum Gasteiger partial charge on any atom is -0.496 e. The molecule has 0 radical (unpaired) electrons. The molecule has 116 valence electrons. The van der Waals surface area contributed by atoms with Gasteiger partial charge in [-0.2, -0.15) is 0 Å². The van der Waals surface area contributed by atoms with Gasteiger partial charge in [-0.05, 0) is 66.0 Å². The Hall–Kier alpha value is -0.580. The maximum absolute atomic E-state index is 5.32. The van der Waals surface area contributed by atoms with Crippen LogP contribution in [0.5, 0.6) is 5.75 Å². The molecule has 0 aromatic heterocycles. The first-order valence-corrected chi connectivity index (χ1v) is 8.80. The molecule has 2 aliphatic rings. The molecule has 1 saturated carbocycles. The van der Waals surface area contributed by atoms with Crippen molar-refractivity contribution in [3.8, 4) is 5.75 Å².